The average Bonchev–Trinajstić information content (AvgIpc) is 3.42. The molecule has 1 heterocycles. The van der Waals surface area contributed by atoms with Gasteiger partial charge in [0.2, 0.25) is 0 Å². The van der Waals surface area contributed by atoms with Crippen LogP contribution < -0.4 is 0 Å². The van der Waals surface area contributed by atoms with Crippen molar-refractivity contribution in [3.8, 4) is 0 Å². The first-order valence-corrected chi connectivity index (χ1v) is 14.7. The van der Waals surface area contributed by atoms with E-state index in [0.717, 1.165) is 29.6 Å². The first-order chi connectivity index (χ1) is 18.7. The molecular weight excluding hydrogens is 516 g/mol. The lowest BCUT2D eigenvalue weighted by Crippen LogP contribution is -2.61. The van der Waals surface area contributed by atoms with Gasteiger partial charge < -0.3 is 44.8 Å². The summed E-state index contributed by atoms with van der Waals surface area (Å²) in [5, 5.41) is 65.8. The van der Waals surface area contributed by atoms with Gasteiger partial charge in [0.15, 0.2) is 6.29 Å². The SMILES string of the molecule is C=CC(C)(C)OC[C@H]1O[C@@H](OC2C3=C(C(C)C)C[C@H](O)[C@]3(C)/C=C3\C(CC[C@@H]3CO)[C@@H](C)[C@H]2O)[C@H](O)[C@@H](O)[C@@H]1O. The van der Waals surface area contributed by atoms with Crippen LogP contribution in [-0.4, -0.2) is 98.5 Å². The Labute approximate surface area is 238 Å². The van der Waals surface area contributed by atoms with Gasteiger partial charge in [-0.05, 0) is 63.4 Å². The molecule has 6 N–H and O–H groups in total. The van der Waals surface area contributed by atoms with Crippen molar-refractivity contribution in [2.45, 2.75) is 115 Å². The number of aliphatic hydroxyl groups excluding tert-OH is 6. The van der Waals surface area contributed by atoms with Gasteiger partial charge in [0.1, 0.15) is 30.5 Å². The fourth-order valence-corrected chi connectivity index (χ4v) is 7.12. The fraction of sp³-hybridized carbons (Fsp3) is 0.806. The van der Waals surface area contributed by atoms with Crippen molar-refractivity contribution in [1.82, 2.24) is 0 Å². The molecule has 0 aromatic carbocycles. The summed E-state index contributed by atoms with van der Waals surface area (Å²) in [4.78, 5) is 0. The zero-order valence-corrected chi connectivity index (χ0v) is 24.7. The van der Waals surface area contributed by atoms with E-state index in [1.165, 1.54) is 0 Å². The zero-order valence-electron chi connectivity index (χ0n) is 24.7. The Balaban J connectivity index is 1.74. The molecule has 0 aromatic rings. The van der Waals surface area contributed by atoms with Crippen LogP contribution in [0.15, 0.2) is 35.5 Å². The van der Waals surface area contributed by atoms with E-state index in [4.69, 9.17) is 14.2 Å². The Morgan fingerprint density at radius 1 is 1.10 bits per heavy atom. The molecule has 228 valence electrons. The molecule has 4 aliphatic rings. The summed E-state index contributed by atoms with van der Waals surface area (Å²) in [5.41, 5.74) is 1.22. The summed E-state index contributed by atoms with van der Waals surface area (Å²) in [7, 11) is 0. The molecule has 9 nitrogen and oxygen atoms in total. The predicted octanol–water partition coefficient (Wildman–Crippen LogP) is 1.84. The second kappa shape index (κ2) is 11.9. The molecule has 0 spiro atoms. The normalized spacial score (nSPS) is 45.5. The minimum absolute atomic E-state index is 0.00109. The Bertz CT molecular complexity index is 989. The summed E-state index contributed by atoms with van der Waals surface area (Å²) in [6.45, 7) is 15.3. The molecule has 9 heteroatoms. The van der Waals surface area contributed by atoms with Crippen LogP contribution in [0.3, 0.4) is 0 Å². The van der Waals surface area contributed by atoms with Gasteiger partial charge in [-0.15, -0.1) is 6.58 Å². The lowest BCUT2D eigenvalue weighted by molar-refractivity contribution is -0.319. The van der Waals surface area contributed by atoms with E-state index in [1.54, 1.807) is 19.9 Å². The van der Waals surface area contributed by atoms with E-state index in [1.807, 2.05) is 27.7 Å². The maximum atomic E-state index is 11.9. The standard InChI is InChI=1S/C31H50O9/c1-8-30(5,6)38-14-21-25(35)26(36)27(37)29(39-21)40-28-23-19(15(2)3)11-22(33)31(23,7)12-20-17(13-32)9-10-18(20)16(4)24(28)34/h8,12,15-18,21-22,24-29,32-37H,1,9-11,13-14H2,2-7H3/b20-12-/t16-,17-,18?,21-,22+,24-,25-,26+,27-,28?,29+,31+/m1/s1. The Morgan fingerprint density at radius 3 is 2.38 bits per heavy atom. The molecule has 3 aliphatic carbocycles. The topological polar surface area (TPSA) is 149 Å². The first kappa shape index (κ1) is 31.8. The molecule has 4 rings (SSSR count). The van der Waals surface area contributed by atoms with Gasteiger partial charge in [-0.25, -0.2) is 0 Å². The second-order valence-corrected chi connectivity index (χ2v) is 13.3. The number of fused-ring (bicyclic) bond motifs is 2. The van der Waals surface area contributed by atoms with Gasteiger partial charge in [0.05, 0.1) is 24.4 Å². The summed E-state index contributed by atoms with van der Waals surface area (Å²) in [6, 6.07) is 0. The van der Waals surface area contributed by atoms with Crippen molar-refractivity contribution < 1.29 is 44.8 Å². The van der Waals surface area contributed by atoms with Gasteiger partial charge >= 0.3 is 0 Å². The van der Waals surface area contributed by atoms with Crippen LogP contribution in [0.2, 0.25) is 0 Å². The molecule has 2 fully saturated rings. The number of aliphatic hydroxyl groups is 6. The minimum Gasteiger partial charge on any atom is -0.396 e. The number of hydrogen-bond donors (Lipinski definition) is 6. The largest absolute Gasteiger partial charge is 0.396 e. The van der Waals surface area contributed by atoms with Crippen LogP contribution in [0.25, 0.3) is 0 Å². The van der Waals surface area contributed by atoms with Crippen molar-refractivity contribution >= 4 is 0 Å². The lowest BCUT2D eigenvalue weighted by Gasteiger charge is -2.46. The smallest absolute Gasteiger partial charge is 0.187 e. The summed E-state index contributed by atoms with van der Waals surface area (Å²) in [5.74, 6) is -0.220. The van der Waals surface area contributed by atoms with E-state index >= 15 is 0 Å². The molecule has 40 heavy (non-hydrogen) atoms. The van der Waals surface area contributed by atoms with Gasteiger partial charge in [-0.3, -0.25) is 0 Å². The third kappa shape index (κ3) is 5.62. The quantitative estimate of drug-likeness (QED) is 0.242. The molecule has 12 atom stereocenters. The fourth-order valence-electron chi connectivity index (χ4n) is 7.12. The molecule has 1 saturated heterocycles. The van der Waals surface area contributed by atoms with Crippen molar-refractivity contribution in [2.75, 3.05) is 13.2 Å². The number of rotatable bonds is 8. The van der Waals surface area contributed by atoms with E-state index in [9.17, 15) is 30.6 Å². The van der Waals surface area contributed by atoms with E-state index in [0.29, 0.717) is 6.42 Å². The van der Waals surface area contributed by atoms with Crippen molar-refractivity contribution in [3.63, 3.8) is 0 Å². The highest BCUT2D eigenvalue weighted by Crippen LogP contribution is 2.55. The van der Waals surface area contributed by atoms with Crippen LogP contribution in [-0.2, 0) is 14.2 Å². The highest BCUT2D eigenvalue weighted by atomic mass is 16.7. The Kier molecular flexibility index (Phi) is 9.42. The maximum absolute atomic E-state index is 11.9. The van der Waals surface area contributed by atoms with E-state index in [-0.39, 0.29) is 36.9 Å². The molecule has 0 bridgehead atoms. The highest BCUT2D eigenvalue weighted by molar-refractivity contribution is 5.43. The molecule has 1 aliphatic heterocycles. The van der Waals surface area contributed by atoms with Crippen LogP contribution in [0, 0.1) is 29.1 Å². The average molecular weight is 567 g/mol. The predicted molar refractivity (Wildman–Crippen MR) is 149 cm³/mol. The molecule has 0 aromatic heterocycles. The summed E-state index contributed by atoms with van der Waals surface area (Å²) in [6.07, 6.45) is -3.93. The molecule has 2 unspecified atom stereocenters. The van der Waals surface area contributed by atoms with Gasteiger partial charge in [-0.2, -0.15) is 0 Å². The van der Waals surface area contributed by atoms with E-state index in [2.05, 4.69) is 12.7 Å². The van der Waals surface area contributed by atoms with Crippen molar-refractivity contribution in [1.29, 1.82) is 0 Å². The van der Waals surface area contributed by atoms with Crippen LogP contribution in [0.5, 0.6) is 0 Å². The number of ether oxygens (including phenoxy) is 3. The summed E-state index contributed by atoms with van der Waals surface area (Å²) >= 11 is 0. The van der Waals surface area contributed by atoms with Crippen LogP contribution in [0.1, 0.15) is 60.8 Å². The third-order valence-corrected chi connectivity index (χ3v) is 9.97. The van der Waals surface area contributed by atoms with Crippen LogP contribution >= 0.6 is 0 Å². The maximum Gasteiger partial charge on any atom is 0.187 e. The van der Waals surface area contributed by atoms with Crippen LogP contribution in [0.4, 0.5) is 0 Å². The zero-order chi connectivity index (χ0) is 29.7. The number of hydrogen-bond acceptors (Lipinski definition) is 9. The summed E-state index contributed by atoms with van der Waals surface area (Å²) < 4.78 is 18.3. The highest BCUT2D eigenvalue weighted by Gasteiger charge is 2.55. The van der Waals surface area contributed by atoms with Gasteiger partial charge in [0, 0.05) is 17.9 Å². The van der Waals surface area contributed by atoms with Gasteiger partial charge in [0.25, 0.3) is 0 Å². The van der Waals surface area contributed by atoms with E-state index < -0.39 is 60.0 Å². The van der Waals surface area contributed by atoms with Crippen molar-refractivity contribution in [2.24, 2.45) is 29.1 Å². The van der Waals surface area contributed by atoms with Gasteiger partial charge in [-0.1, -0.05) is 44.1 Å². The lowest BCUT2D eigenvalue weighted by atomic mass is 9.68. The Hall–Kier alpha value is -1.14. The molecule has 1 saturated carbocycles. The third-order valence-electron chi connectivity index (χ3n) is 9.97. The second-order valence-electron chi connectivity index (χ2n) is 13.3. The first-order valence-electron chi connectivity index (χ1n) is 14.7. The monoisotopic (exact) mass is 566 g/mol. The Morgan fingerprint density at radius 2 is 1.77 bits per heavy atom. The molecule has 0 amide bonds. The molecular formula is C31H50O9. The van der Waals surface area contributed by atoms with Crippen molar-refractivity contribution in [3.05, 3.63) is 35.5 Å². The minimum atomic E-state index is -1.58. The molecule has 0 radical (unpaired) electrons.